The minimum Gasteiger partial charge on any atom is -0.452 e. The summed E-state index contributed by atoms with van der Waals surface area (Å²) in [5, 5.41) is 0. The second kappa shape index (κ2) is 10.3. The maximum atomic E-state index is 12.6. The monoisotopic (exact) mass is 380 g/mol. The summed E-state index contributed by atoms with van der Waals surface area (Å²) in [5.74, 6) is -1.31. The van der Waals surface area contributed by atoms with E-state index in [9.17, 15) is 19.2 Å². The van der Waals surface area contributed by atoms with Gasteiger partial charge < -0.3 is 15.4 Å². The van der Waals surface area contributed by atoms with Crippen LogP contribution < -0.4 is 21.9 Å². The van der Waals surface area contributed by atoms with E-state index in [1.54, 1.807) is 13.8 Å². The molecule has 0 saturated carbocycles. The van der Waals surface area contributed by atoms with E-state index in [1.165, 1.54) is 15.5 Å². The molecule has 0 aliphatic carbocycles. The number of unbranched alkanes of at least 4 members (excludes halogenated alkanes) is 1. The Balaban J connectivity index is 3.23. The van der Waals surface area contributed by atoms with Gasteiger partial charge in [0.2, 0.25) is 0 Å². The molecule has 1 amide bonds. The zero-order chi connectivity index (χ0) is 20.6. The lowest BCUT2D eigenvalue weighted by Crippen LogP contribution is -2.43. The third kappa shape index (κ3) is 6.12. The van der Waals surface area contributed by atoms with Gasteiger partial charge in [-0.25, -0.2) is 9.59 Å². The number of hydrogen-bond acceptors (Lipinski definition) is 6. The van der Waals surface area contributed by atoms with E-state index in [4.69, 9.17) is 10.5 Å². The van der Waals surface area contributed by atoms with Gasteiger partial charge in [-0.05, 0) is 26.7 Å². The minimum absolute atomic E-state index is 0.0781. The molecule has 0 saturated heterocycles. The molecule has 0 aliphatic rings. The molecule has 1 heterocycles. The van der Waals surface area contributed by atoms with Gasteiger partial charge in [-0.1, -0.05) is 25.8 Å². The van der Waals surface area contributed by atoms with Crippen molar-refractivity contribution in [3.63, 3.8) is 0 Å². The van der Waals surface area contributed by atoms with Crippen LogP contribution in [0.2, 0.25) is 0 Å². The van der Waals surface area contributed by atoms with Crippen molar-refractivity contribution in [2.45, 2.75) is 53.5 Å². The summed E-state index contributed by atoms with van der Waals surface area (Å²) in [6.45, 7) is 7.25. The quantitative estimate of drug-likeness (QED) is 0.489. The molecule has 0 spiro atoms. The number of nitrogens with zero attached hydrogens (tertiary/aromatic N) is 2. The van der Waals surface area contributed by atoms with Crippen molar-refractivity contribution in [2.24, 2.45) is 0 Å². The lowest BCUT2D eigenvalue weighted by molar-refractivity contribution is -0.143. The molecule has 9 heteroatoms. The number of nitrogens with two attached hydrogens (primary N) is 1. The van der Waals surface area contributed by atoms with Crippen LogP contribution in [0.3, 0.4) is 0 Å². The summed E-state index contributed by atoms with van der Waals surface area (Å²) in [6.07, 6.45) is 3.28. The largest absolute Gasteiger partial charge is 0.452 e. The molecule has 0 aromatic carbocycles. The van der Waals surface area contributed by atoms with Crippen LogP contribution in [0.25, 0.3) is 0 Å². The van der Waals surface area contributed by atoms with Crippen LogP contribution in [-0.2, 0) is 20.9 Å². The Morgan fingerprint density at radius 3 is 2.44 bits per heavy atom. The van der Waals surface area contributed by atoms with Crippen molar-refractivity contribution in [2.75, 3.05) is 23.8 Å². The highest BCUT2D eigenvalue weighted by molar-refractivity contribution is 5.97. The maximum absolute atomic E-state index is 12.6. The molecule has 1 aromatic rings. The van der Waals surface area contributed by atoms with Crippen molar-refractivity contribution in [3.05, 3.63) is 32.5 Å². The highest BCUT2D eigenvalue weighted by Crippen LogP contribution is 2.18. The van der Waals surface area contributed by atoms with Crippen LogP contribution in [0.5, 0.6) is 0 Å². The van der Waals surface area contributed by atoms with E-state index in [0.29, 0.717) is 19.4 Å². The van der Waals surface area contributed by atoms with Crippen LogP contribution in [-0.4, -0.2) is 34.6 Å². The van der Waals surface area contributed by atoms with Crippen molar-refractivity contribution < 1.29 is 14.3 Å². The van der Waals surface area contributed by atoms with E-state index >= 15 is 0 Å². The second-order valence-corrected chi connectivity index (χ2v) is 6.37. The fourth-order valence-corrected chi connectivity index (χ4v) is 2.45. The van der Waals surface area contributed by atoms with Crippen molar-refractivity contribution in [1.29, 1.82) is 0 Å². The predicted molar refractivity (Wildman–Crippen MR) is 104 cm³/mol. The van der Waals surface area contributed by atoms with Crippen molar-refractivity contribution >= 4 is 23.4 Å². The zero-order valence-electron chi connectivity index (χ0n) is 16.3. The normalized spacial score (nSPS) is 10.4. The average molecular weight is 380 g/mol. The first-order chi connectivity index (χ1) is 12.7. The number of hydrogen-bond donors (Lipinski definition) is 2. The Hall–Kier alpha value is -2.84. The molecule has 0 aliphatic heterocycles. The number of H-pyrrole nitrogens is 1. The first kappa shape index (κ1) is 22.2. The maximum Gasteiger partial charge on any atom is 0.331 e. The molecule has 0 bridgehead atoms. The molecule has 0 fully saturated rings. The molecule has 0 atom stereocenters. The lowest BCUT2D eigenvalue weighted by Gasteiger charge is -2.24. The average Bonchev–Trinajstić information content (AvgIpc) is 2.58. The predicted octanol–water partition coefficient (Wildman–Crippen LogP) is 1.17. The highest BCUT2D eigenvalue weighted by atomic mass is 16.5. The number of carbonyl (C=O) groups is 2. The number of aromatic amines is 1. The first-order valence-corrected chi connectivity index (χ1v) is 8.97. The smallest absolute Gasteiger partial charge is 0.331 e. The number of aromatic nitrogens is 2. The van der Waals surface area contributed by atoms with Gasteiger partial charge in [0, 0.05) is 19.2 Å². The van der Waals surface area contributed by atoms with Gasteiger partial charge in [-0.2, -0.15) is 0 Å². The van der Waals surface area contributed by atoms with Gasteiger partial charge in [0.25, 0.3) is 11.5 Å². The number of allylic oxidation sites excluding steroid dienone is 1. The number of amides is 1. The summed E-state index contributed by atoms with van der Waals surface area (Å²) < 4.78 is 6.17. The molecule has 150 valence electrons. The van der Waals surface area contributed by atoms with E-state index in [1.807, 2.05) is 13.8 Å². The van der Waals surface area contributed by atoms with Gasteiger partial charge in [-0.15, -0.1) is 0 Å². The second-order valence-electron chi connectivity index (χ2n) is 6.37. The third-order valence-corrected chi connectivity index (χ3v) is 3.71. The molecule has 9 nitrogen and oxygen atoms in total. The number of nitrogen functional groups attached to an aromatic ring is 1. The topological polar surface area (TPSA) is 127 Å². The molecule has 3 N–H and O–H groups in total. The minimum atomic E-state index is -0.745. The number of nitrogens with one attached hydrogen (secondary N) is 1. The fourth-order valence-electron chi connectivity index (χ4n) is 2.45. The van der Waals surface area contributed by atoms with Gasteiger partial charge in [0.05, 0.1) is 0 Å². The van der Waals surface area contributed by atoms with Gasteiger partial charge in [0.1, 0.15) is 5.82 Å². The number of ether oxygens (including phenoxy) is 1. The molecular formula is C18H28N4O5. The number of carbonyl (C=O) groups excluding carboxylic acids is 2. The standard InChI is InChI=1S/C18H28N4O5/c1-5-7-9-21(13(23)11-27-14(24)10-12(3)4)15-16(19)22(8-6-2)18(26)20-17(15)25/h10H,5-9,11,19H2,1-4H3,(H,20,25,26). The van der Waals surface area contributed by atoms with Gasteiger partial charge in [0.15, 0.2) is 12.3 Å². The molecule has 0 radical (unpaired) electrons. The Kier molecular flexibility index (Phi) is 8.50. The SMILES string of the molecule is CCCCN(C(=O)COC(=O)C=C(C)C)c1c(N)n(CCC)c(=O)[nH]c1=O. The summed E-state index contributed by atoms with van der Waals surface area (Å²) >= 11 is 0. The van der Waals surface area contributed by atoms with Crippen LogP contribution >= 0.6 is 0 Å². The Bertz CT molecular complexity index is 818. The molecule has 1 rings (SSSR count). The molecule has 27 heavy (non-hydrogen) atoms. The van der Waals surface area contributed by atoms with E-state index in [2.05, 4.69) is 4.98 Å². The molecular weight excluding hydrogens is 352 g/mol. The van der Waals surface area contributed by atoms with Crippen LogP contribution in [0.1, 0.15) is 47.0 Å². The van der Waals surface area contributed by atoms with Crippen molar-refractivity contribution in [3.8, 4) is 0 Å². The molecule has 1 aromatic heterocycles. The molecule has 0 unspecified atom stereocenters. The summed E-state index contributed by atoms with van der Waals surface area (Å²) in [6, 6.07) is 0. The van der Waals surface area contributed by atoms with Gasteiger partial charge in [-0.3, -0.25) is 19.1 Å². The highest BCUT2D eigenvalue weighted by Gasteiger charge is 2.24. The van der Waals surface area contributed by atoms with Crippen LogP contribution in [0.4, 0.5) is 11.5 Å². The summed E-state index contributed by atoms with van der Waals surface area (Å²) in [7, 11) is 0. The van der Waals surface area contributed by atoms with Gasteiger partial charge >= 0.3 is 11.7 Å². The number of esters is 1. The number of rotatable bonds is 9. The van der Waals surface area contributed by atoms with E-state index in [0.717, 1.165) is 12.0 Å². The summed E-state index contributed by atoms with van der Waals surface area (Å²) in [5.41, 5.74) is 5.31. The van der Waals surface area contributed by atoms with Crippen LogP contribution in [0.15, 0.2) is 21.2 Å². The Labute approximate surface area is 157 Å². The van der Waals surface area contributed by atoms with E-state index < -0.39 is 29.7 Å². The zero-order valence-corrected chi connectivity index (χ0v) is 16.3. The van der Waals surface area contributed by atoms with Crippen molar-refractivity contribution in [1.82, 2.24) is 9.55 Å². The third-order valence-electron chi connectivity index (χ3n) is 3.71. The Morgan fingerprint density at radius 2 is 1.89 bits per heavy atom. The fraction of sp³-hybridized carbons (Fsp3) is 0.556. The lowest BCUT2D eigenvalue weighted by atomic mass is 10.2. The first-order valence-electron chi connectivity index (χ1n) is 8.97. The van der Waals surface area contributed by atoms with Crippen LogP contribution in [0, 0.1) is 0 Å². The summed E-state index contributed by atoms with van der Waals surface area (Å²) in [4.78, 5) is 52.0. The number of anilines is 2. The van der Waals surface area contributed by atoms with E-state index in [-0.39, 0.29) is 18.1 Å². The Morgan fingerprint density at radius 1 is 1.22 bits per heavy atom.